The summed E-state index contributed by atoms with van der Waals surface area (Å²) in [6.07, 6.45) is 0. The van der Waals surface area contributed by atoms with Gasteiger partial charge in [0.05, 0.1) is 13.2 Å². The molecule has 1 rings (SSSR count). The third-order valence-electron chi connectivity index (χ3n) is 1.46. The molecule has 6 heteroatoms. The second kappa shape index (κ2) is 4.31. The van der Waals surface area contributed by atoms with Gasteiger partial charge >= 0.3 is 0 Å². The number of aliphatic hydroxyl groups excluding tert-OH is 1. The highest BCUT2D eigenvalue weighted by Gasteiger charge is 2.13. The first kappa shape index (κ1) is 10.1. The van der Waals surface area contributed by atoms with Crippen LogP contribution >= 0.6 is 0 Å². The summed E-state index contributed by atoms with van der Waals surface area (Å²) in [7, 11) is 3.81. The number of aromatic nitrogens is 2. The molecule has 1 aromatic rings. The summed E-state index contributed by atoms with van der Waals surface area (Å²) in [6, 6.07) is -0.580. The Morgan fingerprint density at radius 3 is 2.85 bits per heavy atom. The van der Waals surface area contributed by atoms with Crippen LogP contribution in [-0.2, 0) is 6.54 Å². The van der Waals surface area contributed by atoms with Crippen LogP contribution < -0.4 is 5.73 Å². The first-order chi connectivity index (χ1) is 6.13. The van der Waals surface area contributed by atoms with Crippen LogP contribution in [0.25, 0.3) is 0 Å². The molecule has 0 radical (unpaired) electrons. The van der Waals surface area contributed by atoms with E-state index in [1.165, 1.54) is 0 Å². The van der Waals surface area contributed by atoms with Gasteiger partial charge in [-0.25, -0.2) is 0 Å². The van der Waals surface area contributed by atoms with Crippen molar-refractivity contribution in [2.45, 2.75) is 12.6 Å². The normalized spacial score (nSPS) is 13.6. The number of hydrogen-bond donors (Lipinski definition) is 2. The summed E-state index contributed by atoms with van der Waals surface area (Å²) >= 11 is 0. The van der Waals surface area contributed by atoms with Gasteiger partial charge in [0.15, 0.2) is 5.82 Å². The molecule has 0 aromatic carbocycles. The molecular weight excluding hydrogens is 172 g/mol. The maximum atomic E-state index is 8.72. The molecule has 1 heterocycles. The van der Waals surface area contributed by atoms with E-state index in [0.717, 1.165) is 0 Å². The second-order valence-corrected chi connectivity index (χ2v) is 3.08. The Bertz CT molecular complexity index is 261. The molecule has 0 spiro atoms. The van der Waals surface area contributed by atoms with E-state index in [1.807, 2.05) is 19.0 Å². The van der Waals surface area contributed by atoms with Crippen molar-refractivity contribution in [3.8, 4) is 0 Å². The molecule has 0 aliphatic rings. The number of nitrogens with two attached hydrogens (primary N) is 1. The minimum Gasteiger partial charge on any atom is -0.394 e. The summed E-state index contributed by atoms with van der Waals surface area (Å²) in [4.78, 5) is 5.93. The third-order valence-corrected chi connectivity index (χ3v) is 1.46. The van der Waals surface area contributed by atoms with Crippen LogP contribution in [0.5, 0.6) is 0 Å². The van der Waals surface area contributed by atoms with Crippen molar-refractivity contribution in [2.24, 2.45) is 5.73 Å². The molecule has 0 saturated heterocycles. The molecular formula is C7H14N4O2. The Balaban J connectivity index is 2.63. The summed E-state index contributed by atoms with van der Waals surface area (Å²) in [5.41, 5.74) is 5.48. The van der Waals surface area contributed by atoms with Crippen LogP contribution in [0.15, 0.2) is 4.52 Å². The van der Waals surface area contributed by atoms with E-state index < -0.39 is 6.04 Å². The zero-order valence-corrected chi connectivity index (χ0v) is 7.77. The first-order valence-electron chi connectivity index (χ1n) is 3.97. The zero-order valence-electron chi connectivity index (χ0n) is 7.77. The molecule has 0 aliphatic heterocycles. The minimum absolute atomic E-state index is 0.191. The van der Waals surface area contributed by atoms with Gasteiger partial charge in [0.1, 0.15) is 6.04 Å². The van der Waals surface area contributed by atoms with Crippen molar-refractivity contribution in [1.82, 2.24) is 15.0 Å². The number of nitrogens with zero attached hydrogens (tertiary/aromatic N) is 3. The van der Waals surface area contributed by atoms with Gasteiger partial charge < -0.3 is 20.3 Å². The lowest BCUT2D eigenvalue weighted by Crippen LogP contribution is -2.15. The van der Waals surface area contributed by atoms with E-state index in [9.17, 15) is 0 Å². The standard InChI is InChI=1S/C7H14N4O2/c1-11(2)3-6-9-7(13-10-6)5(8)4-12/h5,12H,3-4,8H2,1-2H3/t5-/m0/s1. The predicted octanol–water partition coefficient (Wildman–Crippen LogP) is -0.877. The topological polar surface area (TPSA) is 88.4 Å². The highest BCUT2D eigenvalue weighted by molar-refractivity contribution is 4.91. The van der Waals surface area contributed by atoms with Crippen LogP contribution in [0, 0.1) is 0 Å². The Hall–Kier alpha value is -0.980. The molecule has 0 bridgehead atoms. The Kier molecular flexibility index (Phi) is 3.35. The van der Waals surface area contributed by atoms with Gasteiger partial charge in [-0.2, -0.15) is 4.98 Å². The van der Waals surface area contributed by atoms with Gasteiger partial charge in [-0.05, 0) is 14.1 Å². The van der Waals surface area contributed by atoms with E-state index in [4.69, 9.17) is 15.4 Å². The van der Waals surface area contributed by atoms with Crippen molar-refractivity contribution in [3.63, 3.8) is 0 Å². The van der Waals surface area contributed by atoms with E-state index in [0.29, 0.717) is 12.4 Å². The van der Waals surface area contributed by atoms with Gasteiger partial charge in [0.25, 0.3) is 0 Å². The lowest BCUT2D eigenvalue weighted by Gasteiger charge is -2.03. The zero-order chi connectivity index (χ0) is 9.84. The average Bonchev–Trinajstić information content (AvgIpc) is 2.50. The Morgan fingerprint density at radius 1 is 1.62 bits per heavy atom. The van der Waals surface area contributed by atoms with Crippen molar-refractivity contribution >= 4 is 0 Å². The maximum Gasteiger partial charge on any atom is 0.245 e. The Morgan fingerprint density at radius 2 is 2.31 bits per heavy atom. The second-order valence-electron chi connectivity index (χ2n) is 3.08. The van der Waals surface area contributed by atoms with Gasteiger partial charge in [-0.1, -0.05) is 5.16 Å². The maximum absolute atomic E-state index is 8.72. The molecule has 0 fully saturated rings. The molecule has 0 unspecified atom stereocenters. The largest absolute Gasteiger partial charge is 0.394 e. The molecule has 74 valence electrons. The molecule has 13 heavy (non-hydrogen) atoms. The molecule has 6 nitrogen and oxygen atoms in total. The lowest BCUT2D eigenvalue weighted by atomic mass is 10.3. The number of hydrogen-bond acceptors (Lipinski definition) is 6. The SMILES string of the molecule is CN(C)Cc1noc([C@@H](N)CO)n1. The lowest BCUT2D eigenvalue weighted by molar-refractivity contribution is 0.236. The minimum atomic E-state index is -0.580. The summed E-state index contributed by atoms with van der Waals surface area (Å²) < 4.78 is 4.85. The number of rotatable bonds is 4. The fourth-order valence-corrected chi connectivity index (χ4v) is 0.843. The third kappa shape index (κ3) is 2.76. The van der Waals surface area contributed by atoms with Crippen molar-refractivity contribution in [3.05, 3.63) is 11.7 Å². The quantitative estimate of drug-likeness (QED) is 0.635. The van der Waals surface area contributed by atoms with Crippen LogP contribution in [0.4, 0.5) is 0 Å². The fraction of sp³-hybridized carbons (Fsp3) is 0.714. The Labute approximate surface area is 76.3 Å². The molecule has 0 aliphatic carbocycles. The van der Waals surface area contributed by atoms with Crippen molar-refractivity contribution in [2.75, 3.05) is 20.7 Å². The summed E-state index contributed by atoms with van der Waals surface area (Å²) in [5.74, 6) is 0.850. The fourth-order valence-electron chi connectivity index (χ4n) is 0.843. The van der Waals surface area contributed by atoms with Crippen LogP contribution in [0.1, 0.15) is 17.8 Å². The molecule has 1 aromatic heterocycles. The van der Waals surface area contributed by atoms with Gasteiger partial charge in [-0.15, -0.1) is 0 Å². The smallest absolute Gasteiger partial charge is 0.245 e. The molecule has 0 saturated carbocycles. The van der Waals surface area contributed by atoms with Gasteiger partial charge in [0.2, 0.25) is 5.89 Å². The highest BCUT2D eigenvalue weighted by Crippen LogP contribution is 2.06. The summed E-state index contributed by atoms with van der Waals surface area (Å²) in [5, 5.41) is 12.4. The van der Waals surface area contributed by atoms with Crippen LogP contribution in [0.3, 0.4) is 0 Å². The van der Waals surface area contributed by atoms with E-state index in [2.05, 4.69) is 10.1 Å². The van der Waals surface area contributed by atoms with Gasteiger partial charge in [-0.3, -0.25) is 0 Å². The highest BCUT2D eigenvalue weighted by atomic mass is 16.5. The molecule has 0 amide bonds. The van der Waals surface area contributed by atoms with E-state index in [-0.39, 0.29) is 12.5 Å². The molecule has 1 atom stereocenters. The average molecular weight is 186 g/mol. The monoisotopic (exact) mass is 186 g/mol. The number of aliphatic hydroxyl groups is 1. The summed E-state index contributed by atoms with van der Waals surface area (Å²) in [6.45, 7) is 0.408. The molecule has 3 N–H and O–H groups in total. The van der Waals surface area contributed by atoms with Gasteiger partial charge in [0, 0.05) is 0 Å². The van der Waals surface area contributed by atoms with Crippen molar-refractivity contribution in [1.29, 1.82) is 0 Å². The van der Waals surface area contributed by atoms with E-state index in [1.54, 1.807) is 0 Å². The first-order valence-corrected chi connectivity index (χ1v) is 3.97. The van der Waals surface area contributed by atoms with E-state index >= 15 is 0 Å². The van der Waals surface area contributed by atoms with Crippen LogP contribution in [-0.4, -0.2) is 40.8 Å². The van der Waals surface area contributed by atoms with Crippen molar-refractivity contribution < 1.29 is 9.63 Å². The predicted molar refractivity (Wildman–Crippen MR) is 45.7 cm³/mol. The van der Waals surface area contributed by atoms with Crippen LogP contribution in [0.2, 0.25) is 0 Å².